The molecular weight excluding hydrogens is 488 g/mol. The summed E-state index contributed by atoms with van der Waals surface area (Å²) in [4.78, 5) is 25.9. The minimum atomic E-state index is -0.281. The number of nitrogens with zero attached hydrogens (tertiary/aromatic N) is 5. The fourth-order valence-electron chi connectivity index (χ4n) is 5.19. The molecule has 6 rings (SSSR count). The summed E-state index contributed by atoms with van der Waals surface area (Å²) in [6.07, 6.45) is 8.91. The average Bonchev–Trinajstić information content (AvgIpc) is 3.50. The number of carbonyl (C=O) groups is 1. The van der Waals surface area contributed by atoms with Crippen LogP contribution in [0.4, 0.5) is 4.79 Å². The number of imidazole rings is 1. The zero-order valence-electron chi connectivity index (χ0n) is 20.9. The van der Waals surface area contributed by atoms with Crippen molar-refractivity contribution in [3.8, 4) is 0 Å². The Morgan fingerprint density at radius 2 is 1.97 bits per heavy atom. The van der Waals surface area contributed by atoms with Crippen molar-refractivity contribution in [2.45, 2.75) is 31.4 Å². The summed E-state index contributed by atoms with van der Waals surface area (Å²) in [5.41, 5.74) is 5.43. The van der Waals surface area contributed by atoms with Crippen molar-refractivity contribution in [1.82, 2.24) is 24.3 Å². The highest BCUT2D eigenvalue weighted by molar-refractivity contribution is 6.35. The smallest absolute Gasteiger partial charge is 0.410 e. The van der Waals surface area contributed by atoms with Gasteiger partial charge in [-0.25, -0.2) is 9.78 Å². The molecule has 1 aromatic carbocycles. The number of fused-ring (bicyclic) bond motifs is 2. The summed E-state index contributed by atoms with van der Waals surface area (Å²) in [5, 5.41) is 9.73. The molecule has 0 unspecified atom stereocenters. The fraction of sp³-hybridized carbons (Fsp3) is 0.357. The molecule has 1 saturated heterocycles. The molecular formula is C28H29ClN6O2. The lowest BCUT2D eigenvalue weighted by Gasteiger charge is -2.39. The van der Waals surface area contributed by atoms with E-state index in [9.17, 15) is 4.79 Å². The summed E-state index contributed by atoms with van der Waals surface area (Å²) in [7, 11) is 1.89. The molecule has 1 amide bonds. The molecule has 1 aliphatic heterocycles. The maximum atomic E-state index is 12.7. The number of allylic oxidation sites excluding steroid dienone is 1. The molecule has 3 heterocycles. The van der Waals surface area contributed by atoms with Gasteiger partial charge in [0.2, 0.25) is 0 Å². The number of benzene rings is 1. The Kier molecular flexibility index (Phi) is 5.88. The lowest BCUT2D eigenvalue weighted by Crippen LogP contribution is -2.50. The van der Waals surface area contributed by atoms with Crippen LogP contribution in [0.3, 0.4) is 0 Å². The first-order valence-corrected chi connectivity index (χ1v) is 12.9. The molecule has 37 heavy (non-hydrogen) atoms. The average molecular weight is 517 g/mol. The van der Waals surface area contributed by atoms with E-state index in [1.165, 1.54) is 0 Å². The lowest BCUT2D eigenvalue weighted by molar-refractivity contribution is 0.0380. The molecule has 8 nitrogen and oxygen atoms in total. The van der Waals surface area contributed by atoms with E-state index < -0.39 is 0 Å². The Morgan fingerprint density at radius 3 is 2.68 bits per heavy atom. The van der Waals surface area contributed by atoms with E-state index in [4.69, 9.17) is 26.7 Å². The van der Waals surface area contributed by atoms with Gasteiger partial charge in [-0.3, -0.25) is 15.3 Å². The molecule has 1 N–H and O–H groups in total. The van der Waals surface area contributed by atoms with E-state index in [-0.39, 0.29) is 17.7 Å². The van der Waals surface area contributed by atoms with Gasteiger partial charge in [-0.15, -0.1) is 0 Å². The first-order chi connectivity index (χ1) is 17.8. The first kappa shape index (κ1) is 23.9. The number of halogens is 1. The molecule has 3 aromatic rings. The monoisotopic (exact) mass is 516 g/mol. The highest BCUT2D eigenvalue weighted by Crippen LogP contribution is 2.42. The van der Waals surface area contributed by atoms with Crippen molar-refractivity contribution in [3.05, 3.63) is 82.2 Å². The van der Waals surface area contributed by atoms with Gasteiger partial charge in [-0.05, 0) is 60.7 Å². The second kappa shape index (κ2) is 9.11. The van der Waals surface area contributed by atoms with Crippen LogP contribution in [-0.2, 0) is 11.8 Å². The van der Waals surface area contributed by atoms with Crippen LogP contribution in [0.2, 0.25) is 5.02 Å². The predicted octanol–water partition coefficient (Wildman–Crippen LogP) is 4.79. The molecule has 2 aromatic heterocycles. The van der Waals surface area contributed by atoms with Gasteiger partial charge in [-0.2, -0.15) is 0 Å². The van der Waals surface area contributed by atoms with Gasteiger partial charge >= 0.3 is 6.09 Å². The standard InChI is InChI=1S/C28H29ClN6O2/c1-28(7-8-28)37-27(36)35-12-10-34(11-13-35)26-20-6-5-19(29)15-21(20)22(14-18-4-3-9-32-25(18)26)24(30)23-16-31-17-33(23)2/h3-6,9,14-17,26,30H,7-8,10-13H2,1-2H3/t26-/m0/s1. The number of amides is 1. The predicted molar refractivity (Wildman–Crippen MR) is 143 cm³/mol. The van der Waals surface area contributed by atoms with Gasteiger partial charge in [-0.1, -0.05) is 23.7 Å². The van der Waals surface area contributed by atoms with Crippen LogP contribution in [0.15, 0.2) is 49.1 Å². The summed E-state index contributed by atoms with van der Waals surface area (Å²) >= 11 is 6.51. The summed E-state index contributed by atoms with van der Waals surface area (Å²) in [6, 6.07) is 9.71. The maximum Gasteiger partial charge on any atom is 0.410 e. The van der Waals surface area contributed by atoms with E-state index >= 15 is 0 Å². The van der Waals surface area contributed by atoms with Gasteiger partial charge < -0.3 is 14.2 Å². The number of hydrogen-bond acceptors (Lipinski definition) is 6. The minimum absolute atomic E-state index is 0.143. The number of piperazine rings is 1. The van der Waals surface area contributed by atoms with Gasteiger partial charge in [0.25, 0.3) is 0 Å². The van der Waals surface area contributed by atoms with Crippen LogP contribution >= 0.6 is 11.6 Å². The van der Waals surface area contributed by atoms with E-state index in [0.717, 1.165) is 46.5 Å². The molecule has 1 atom stereocenters. The Labute approximate surface area is 221 Å². The van der Waals surface area contributed by atoms with Crippen molar-refractivity contribution >= 4 is 35.1 Å². The Hall–Kier alpha value is -3.49. The largest absolute Gasteiger partial charge is 0.443 e. The van der Waals surface area contributed by atoms with Crippen molar-refractivity contribution in [1.29, 1.82) is 5.41 Å². The third-order valence-corrected chi connectivity index (χ3v) is 7.83. The van der Waals surface area contributed by atoms with E-state index in [1.54, 1.807) is 17.4 Å². The van der Waals surface area contributed by atoms with E-state index in [1.807, 2.05) is 61.1 Å². The topological polar surface area (TPSA) is 87.3 Å². The summed E-state index contributed by atoms with van der Waals surface area (Å²) < 4.78 is 7.55. The van der Waals surface area contributed by atoms with Crippen LogP contribution in [-0.4, -0.2) is 67.9 Å². The number of carbonyl (C=O) groups excluding carboxylic acids is 1. The van der Waals surface area contributed by atoms with Crippen LogP contribution < -0.4 is 0 Å². The second-order valence-corrected chi connectivity index (χ2v) is 10.7. The second-order valence-electron chi connectivity index (χ2n) is 10.3. The van der Waals surface area contributed by atoms with Gasteiger partial charge in [0, 0.05) is 50.0 Å². The van der Waals surface area contributed by atoms with Crippen LogP contribution in [0.25, 0.3) is 11.6 Å². The fourth-order valence-corrected chi connectivity index (χ4v) is 5.36. The molecule has 1 saturated carbocycles. The van der Waals surface area contributed by atoms with E-state index in [2.05, 4.69) is 9.88 Å². The molecule has 190 valence electrons. The Bertz CT molecular complexity index is 1420. The van der Waals surface area contributed by atoms with Gasteiger partial charge in [0.05, 0.1) is 35.7 Å². The molecule has 9 heteroatoms. The van der Waals surface area contributed by atoms with Crippen LogP contribution in [0.1, 0.15) is 53.9 Å². The zero-order chi connectivity index (χ0) is 25.7. The first-order valence-electron chi connectivity index (χ1n) is 12.6. The third kappa shape index (κ3) is 4.45. The van der Waals surface area contributed by atoms with E-state index in [0.29, 0.717) is 36.9 Å². The zero-order valence-corrected chi connectivity index (χ0v) is 21.7. The molecule has 2 aliphatic carbocycles. The minimum Gasteiger partial charge on any atom is -0.443 e. The van der Waals surface area contributed by atoms with Gasteiger partial charge in [0.1, 0.15) is 5.60 Å². The number of ether oxygens (including phenoxy) is 1. The molecule has 0 radical (unpaired) electrons. The normalized spacial score (nSPS) is 20.4. The number of rotatable bonds is 4. The molecule has 2 fully saturated rings. The Morgan fingerprint density at radius 1 is 1.19 bits per heavy atom. The van der Waals surface area contributed by atoms with Crippen molar-refractivity contribution in [2.24, 2.45) is 7.05 Å². The van der Waals surface area contributed by atoms with Crippen LogP contribution in [0, 0.1) is 5.41 Å². The highest BCUT2D eigenvalue weighted by atomic mass is 35.5. The lowest BCUT2D eigenvalue weighted by atomic mass is 9.91. The van der Waals surface area contributed by atoms with Crippen molar-refractivity contribution < 1.29 is 9.53 Å². The van der Waals surface area contributed by atoms with Crippen molar-refractivity contribution in [3.63, 3.8) is 0 Å². The molecule has 0 spiro atoms. The number of hydrogen-bond donors (Lipinski definition) is 1. The molecule has 3 aliphatic rings. The molecule has 0 bridgehead atoms. The van der Waals surface area contributed by atoms with Crippen LogP contribution in [0.5, 0.6) is 0 Å². The Balaban J connectivity index is 1.37. The SMILES string of the molecule is Cn1cncc1C(=N)C1=Cc2cccnc2[C@@H](N2CCN(C(=O)OC3(C)CC3)CC2)c2ccc(Cl)cc21. The number of pyridine rings is 1. The van der Waals surface area contributed by atoms with Gasteiger partial charge in [0.15, 0.2) is 0 Å². The quantitative estimate of drug-likeness (QED) is 0.504. The van der Waals surface area contributed by atoms with Crippen molar-refractivity contribution in [2.75, 3.05) is 26.2 Å². The summed E-state index contributed by atoms with van der Waals surface area (Å²) in [5.74, 6) is 0. The highest BCUT2D eigenvalue weighted by Gasteiger charge is 2.43. The summed E-state index contributed by atoms with van der Waals surface area (Å²) in [6.45, 7) is 4.53. The number of nitrogens with one attached hydrogen (secondary N) is 1. The number of aromatic nitrogens is 3. The third-order valence-electron chi connectivity index (χ3n) is 7.60. The maximum absolute atomic E-state index is 12.7. The number of aryl methyl sites for hydroxylation is 1.